The number of anilines is 2. The van der Waals surface area contributed by atoms with Crippen LogP contribution in [0, 0.1) is 0 Å². The monoisotopic (exact) mass is 280 g/mol. The van der Waals surface area contributed by atoms with Gasteiger partial charge in [0.1, 0.15) is 0 Å². The number of allylic oxidation sites excluding steroid dienone is 4. The Bertz CT molecular complexity index is 533. The Morgan fingerprint density at radius 3 is 2.50 bits per heavy atom. The molecule has 0 saturated carbocycles. The fraction of sp³-hybridized carbons (Fsp3) is 0.143. The summed E-state index contributed by atoms with van der Waals surface area (Å²) in [5, 5.41) is 5.89. The zero-order chi connectivity index (χ0) is 15.2. The Morgan fingerprint density at radius 2 is 1.95 bits per heavy atom. The standard InChI is InChI=1S/C14H16BF3N2/c1-3-5-11(8-10(2)14(16,17)18)19-12-6-4-7-13(9-12)20-15/h3-9,19-20H,2,15H2,1H3/b5-3-,11-8+. The molecule has 0 radical (unpaired) electrons. The Kier molecular flexibility index (Phi) is 5.49. The molecule has 0 spiro atoms. The van der Waals surface area contributed by atoms with Gasteiger partial charge in [-0.2, -0.15) is 13.2 Å². The molecular formula is C14H16BF3N2. The van der Waals surface area contributed by atoms with Crippen molar-refractivity contribution in [2.24, 2.45) is 0 Å². The second-order valence-electron chi connectivity index (χ2n) is 4.08. The third kappa shape index (κ3) is 4.88. The van der Waals surface area contributed by atoms with E-state index in [1.807, 2.05) is 6.07 Å². The fourth-order valence-corrected chi connectivity index (χ4v) is 1.49. The Hall–Kier alpha value is -2.11. The molecule has 0 aliphatic carbocycles. The van der Waals surface area contributed by atoms with Gasteiger partial charge in [-0.1, -0.05) is 18.7 Å². The van der Waals surface area contributed by atoms with Crippen LogP contribution in [0.5, 0.6) is 0 Å². The third-order valence-corrected chi connectivity index (χ3v) is 2.48. The number of benzene rings is 1. The molecular weight excluding hydrogens is 264 g/mol. The first-order valence-electron chi connectivity index (χ1n) is 6.02. The molecule has 2 N–H and O–H groups in total. The minimum absolute atomic E-state index is 0.322. The van der Waals surface area contributed by atoms with Crippen molar-refractivity contribution in [3.8, 4) is 0 Å². The molecule has 0 aliphatic rings. The van der Waals surface area contributed by atoms with Crippen LogP contribution in [-0.4, -0.2) is 14.2 Å². The molecule has 1 aromatic rings. The second-order valence-corrected chi connectivity index (χ2v) is 4.08. The number of nitrogens with one attached hydrogen (secondary N) is 2. The van der Waals surface area contributed by atoms with Crippen LogP contribution >= 0.6 is 0 Å². The van der Waals surface area contributed by atoms with E-state index in [9.17, 15) is 13.2 Å². The maximum absolute atomic E-state index is 12.5. The highest BCUT2D eigenvalue weighted by Gasteiger charge is 2.30. The molecule has 6 heteroatoms. The molecule has 0 atom stereocenters. The van der Waals surface area contributed by atoms with Crippen molar-refractivity contribution in [2.45, 2.75) is 13.1 Å². The van der Waals surface area contributed by atoms with Crippen molar-refractivity contribution in [3.63, 3.8) is 0 Å². The van der Waals surface area contributed by atoms with Crippen LogP contribution in [0.3, 0.4) is 0 Å². The van der Waals surface area contributed by atoms with Crippen molar-refractivity contribution < 1.29 is 13.2 Å². The van der Waals surface area contributed by atoms with Gasteiger partial charge in [0.15, 0.2) is 0 Å². The number of halogens is 3. The average molecular weight is 280 g/mol. The first-order chi connectivity index (χ1) is 9.36. The zero-order valence-electron chi connectivity index (χ0n) is 11.4. The van der Waals surface area contributed by atoms with Crippen LogP contribution in [0.1, 0.15) is 6.92 Å². The van der Waals surface area contributed by atoms with E-state index in [4.69, 9.17) is 0 Å². The molecule has 20 heavy (non-hydrogen) atoms. The van der Waals surface area contributed by atoms with Crippen molar-refractivity contribution in [1.29, 1.82) is 0 Å². The molecule has 1 aromatic carbocycles. The van der Waals surface area contributed by atoms with E-state index >= 15 is 0 Å². The van der Waals surface area contributed by atoms with Crippen molar-refractivity contribution >= 4 is 19.4 Å². The van der Waals surface area contributed by atoms with E-state index in [0.29, 0.717) is 11.4 Å². The lowest BCUT2D eigenvalue weighted by Crippen LogP contribution is -2.10. The highest BCUT2D eigenvalue weighted by atomic mass is 19.4. The van der Waals surface area contributed by atoms with Gasteiger partial charge in [-0.25, -0.2) is 0 Å². The number of rotatable bonds is 5. The van der Waals surface area contributed by atoms with Crippen molar-refractivity contribution in [3.05, 3.63) is 60.3 Å². The van der Waals surface area contributed by atoms with Crippen LogP contribution in [0.25, 0.3) is 0 Å². The smallest absolute Gasteiger partial charge is 0.415 e. The fourth-order valence-electron chi connectivity index (χ4n) is 1.49. The minimum Gasteiger partial charge on any atom is -0.434 e. The third-order valence-electron chi connectivity index (χ3n) is 2.48. The van der Waals surface area contributed by atoms with Crippen molar-refractivity contribution in [1.82, 2.24) is 0 Å². The quantitative estimate of drug-likeness (QED) is 0.635. The first kappa shape index (κ1) is 16.0. The van der Waals surface area contributed by atoms with Gasteiger partial charge < -0.3 is 10.5 Å². The van der Waals surface area contributed by atoms with Gasteiger partial charge in [-0.05, 0) is 37.3 Å². The lowest BCUT2D eigenvalue weighted by Gasteiger charge is -2.11. The number of alkyl halides is 3. The van der Waals surface area contributed by atoms with Gasteiger partial charge in [-0.15, -0.1) is 0 Å². The summed E-state index contributed by atoms with van der Waals surface area (Å²) in [6.45, 7) is 4.77. The predicted octanol–water partition coefficient (Wildman–Crippen LogP) is 3.64. The van der Waals surface area contributed by atoms with E-state index in [1.54, 1.807) is 45.3 Å². The molecule has 0 saturated heterocycles. The molecule has 2 nitrogen and oxygen atoms in total. The molecule has 0 heterocycles. The van der Waals surface area contributed by atoms with Gasteiger partial charge in [0.25, 0.3) is 0 Å². The molecule has 0 unspecified atom stereocenters. The Morgan fingerprint density at radius 1 is 1.30 bits per heavy atom. The molecule has 1 rings (SSSR count). The highest BCUT2D eigenvalue weighted by molar-refractivity contribution is 6.16. The van der Waals surface area contributed by atoms with E-state index in [0.717, 1.165) is 11.8 Å². The van der Waals surface area contributed by atoms with Gasteiger partial charge in [0.2, 0.25) is 7.98 Å². The normalized spacial score (nSPS) is 12.5. The van der Waals surface area contributed by atoms with E-state index in [2.05, 4.69) is 17.1 Å². The second kappa shape index (κ2) is 6.89. The molecule has 0 bridgehead atoms. The molecule has 0 aliphatic heterocycles. The van der Waals surface area contributed by atoms with Crippen LogP contribution < -0.4 is 10.5 Å². The summed E-state index contributed by atoms with van der Waals surface area (Å²) in [5.74, 6) is 0. The van der Waals surface area contributed by atoms with Gasteiger partial charge in [-0.3, -0.25) is 0 Å². The largest absolute Gasteiger partial charge is 0.434 e. The topological polar surface area (TPSA) is 24.1 Å². The maximum atomic E-state index is 12.5. The maximum Gasteiger partial charge on any atom is 0.415 e. The summed E-state index contributed by atoms with van der Waals surface area (Å²) in [6.07, 6.45) is -0.235. The van der Waals surface area contributed by atoms with Crippen LogP contribution in [0.2, 0.25) is 0 Å². The molecule has 0 fully saturated rings. The van der Waals surface area contributed by atoms with Crippen LogP contribution in [0.4, 0.5) is 24.5 Å². The van der Waals surface area contributed by atoms with E-state index in [1.165, 1.54) is 0 Å². The summed E-state index contributed by atoms with van der Waals surface area (Å²) in [6, 6.07) is 7.24. The summed E-state index contributed by atoms with van der Waals surface area (Å²) in [4.78, 5) is 0. The van der Waals surface area contributed by atoms with Crippen LogP contribution in [-0.2, 0) is 0 Å². The van der Waals surface area contributed by atoms with Gasteiger partial charge >= 0.3 is 6.18 Å². The molecule has 0 amide bonds. The summed E-state index contributed by atoms with van der Waals surface area (Å²) in [5.41, 5.74) is 0.978. The van der Waals surface area contributed by atoms with Gasteiger partial charge in [0.05, 0.1) is 5.57 Å². The number of hydrogen-bond acceptors (Lipinski definition) is 2. The molecule has 106 valence electrons. The number of hydrogen-bond donors (Lipinski definition) is 2. The Labute approximate surface area is 117 Å². The summed E-state index contributed by atoms with van der Waals surface area (Å²) < 4.78 is 37.5. The van der Waals surface area contributed by atoms with E-state index < -0.39 is 11.7 Å². The first-order valence-corrected chi connectivity index (χ1v) is 6.02. The molecule has 0 aromatic heterocycles. The van der Waals surface area contributed by atoms with Crippen molar-refractivity contribution in [2.75, 3.05) is 10.5 Å². The summed E-state index contributed by atoms with van der Waals surface area (Å²) in [7, 11) is 1.77. The predicted molar refractivity (Wildman–Crippen MR) is 80.3 cm³/mol. The lowest BCUT2D eigenvalue weighted by atomic mass is 10.2. The SMILES string of the molecule is BNc1cccc(NC(/C=C\C)=C/C(=C)C(F)(F)F)c1. The van der Waals surface area contributed by atoms with Gasteiger partial charge in [0, 0.05) is 17.1 Å². The highest BCUT2D eigenvalue weighted by Crippen LogP contribution is 2.26. The Balaban J connectivity index is 2.98. The average Bonchev–Trinajstić information content (AvgIpc) is 2.38. The van der Waals surface area contributed by atoms with Crippen LogP contribution in [0.15, 0.2) is 60.3 Å². The minimum atomic E-state index is -4.43. The lowest BCUT2D eigenvalue weighted by molar-refractivity contribution is -0.0878. The summed E-state index contributed by atoms with van der Waals surface area (Å²) >= 11 is 0. The zero-order valence-corrected chi connectivity index (χ0v) is 11.4. The van der Waals surface area contributed by atoms with E-state index in [-0.39, 0.29) is 0 Å².